The van der Waals surface area contributed by atoms with Crippen LogP contribution in [0.25, 0.3) is 0 Å². The summed E-state index contributed by atoms with van der Waals surface area (Å²) in [6.45, 7) is 1.83. The highest BCUT2D eigenvalue weighted by Gasteiger charge is 2.18. The molecule has 0 saturated carbocycles. The molecule has 1 aromatic heterocycles. The lowest BCUT2D eigenvalue weighted by Crippen LogP contribution is -2.32. The molecule has 3 aromatic rings. The van der Waals surface area contributed by atoms with Gasteiger partial charge in [-0.3, -0.25) is 15.1 Å². The van der Waals surface area contributed by atoms with Crippen molar-refractivity contribution >= 4 is 11.6 Å². The smallest absolute Gasteiger partial charge is 0.238 e. The summed E-state index contributed by atoms with van der Waals surface area (Å²) in [5.41, 5.74) is 2.56. The minimum Gasteiger partial charge on any atom is -0.324 e. The first-order valence-corrected chi connectivity index (χ1v) is 8.48. The van der Waals surface area contributed by atoms with Crippen molar-refractivity contribution in [1.29, 1.82) is 0 Å². The largest absolute Gasteiger partial charge is 0.324 e. The number of rotatable bonds is 6. The molecule has 1 atom stereocenters. The fourth-order valence-corrected chi connectivity index (χ4v) is 2.80. The van der Waals surface area contributed by atoms with Crippen molar-refractivity contribution in [3.05, 3.63) is 95.3 Å². The summed E-state index contributed by atoms with van der Waals surface area (Å²) in [5, 5.41) is 5.80. The van der Waals surface area contributed by atoms with Gasteiger partial charge in [-0.1, -0.05) is 30.3 Å². The molecule has 0 saturated heterocycles. The maximum Gasteiger partial charge on any atom is 0.238 e. The van der Waals surface area contributed by atoms with E-state index in [1.807, 2.05) is 6.92 Å². The van der Waals surface area contributed by atoms with E-state index in [-0.39, 0.29) is 18.3 Å². The molecule has 27 heavy (non-hydrogen) atoms. The average Bonchev–Trinajstić information content (AvgIpc) is 2.64. The van der Waals surface area contributed by atoms with Gasteiger partial charge in [-0.05, 0) is 42.3 Å². The van der Waals surface area contributed by atoms with Gasteiger partial charge < -0.3 is 5.32 Å². The Labute approximate surface area is 156 Å². The van der Waals surface area contributed by atoms with Crippen LogP contribution in [-0.4, -0.2) is 17.4 Å². The Balaban J connectivity index is 1.76. The zero-order valence-electron chi connectivity index (χ0n) is 14.7. The summed E-state index contributed by atoms with van der Waals surface area (Å²) >= 11 is 0. The van der Waals surface area contributed by atoms with Crippen molar-refractivity contribution in [1.82, 2.24) is 10.3 Å². The van der Waals surface area contributed by atoms with Crippen LogP contribution >= 0.6 is 0 Å². The molecule has 1 unspecified atom stereocenters. The molecule has 3 rings (SSSR count). The van der Waals surface area contributed by atoms with Gasteiger partial charge in [-0.25, -0.2) is 8.78 Å². The normalized spacial score (nSPS) is 11.8. The number of hydrogen-bond donors (Lipinski definition) is 2. The maximum absolute atomic E-state index is 14.3. The van der Waals surface area contributed by atoms with Crippen LogP contribution in [0.1, 0.15) is 22.7 Å². The van der Waals surface area contributed by atoms with Crippen LogP contribution < -0.4 is 10.6 Å². The van der Waals surface area contributed by atoms with Gasteiger partial charge in [0.25, 0.3) is 0 Å². The first-order chi connectivity index (χ1) is 13.0. The van der Waals surface area contributed by atoms with Crippen molar-refractivity contribution in [2.45, 2.75) is 13.0 Å². The fourth-order valence-electron chi connectivity index (χ4n) is 2.80. The third-order valence-electron chi connectivity index (χ3n) is 4.05. The first kappa shape index (κ1) is 18.7. The summed E-state index contributed by atoms with van der Waals surface area (Å²) in [7, 11) is 0. The minimum atomic E-state index is -0.590. The van der Waals surface area contributed by atoms with E-state index in [2.05, 4.69) is 15.6 Å². The van der Waals surface area contributed by atoms with E-state index in [4.69, 9.17) is 0 Å². The Morgan fingerprint density at radius 1 is 1.07 bits per heavy atom. The lowest BCUT2D eigenvalue weighted by atomic mass is 9.98. The van der Waals surface area contributed by atoms with E-state index >= 15 is 0 Å². The van der Waals surface area contributed by atoms with Gasteiger partial charge >= 0.3 is 0 Å². The van der Waals surface area contributed by atoms with Crippen LogP contribution in [0.5, 0.6) is 0 Å². The second-order valence-corrected chi connectivity index (χ2v) is 6.19. The number of halogens is 2. The summed E-state index contributed by atoms with van der Waals surface area (Å²) in [4.78, 5) is 16.3. The zero-order valence-corrected chi connectivity index (χ0v) is 14.7. The quantitative estimate of drug-likeness (QED) is 0.693. The van der Waals surface area contributed by atoms with Crippen molar-refractivity contribution in [3.63, 3.8) is 0 Å². The summed E-state index contributed by atoms with van der Waals surface area (Å²) in [5.74, 6) is -1.07. The van der Waals surface area contributed by atoms with E-state index in [0.29, 0.717) is 16.8 Å². The summed E-state index contributed by atoms with van der Waals surface area (Å²) in [6.07, 6.45) is 3.25. The number of carbonyl (C=O) groups excluding carboxylic acids is 1. The third kappa shape index (κ3) is 4.95. The van der Waals surface area contributed by atoms with Crippen LogP contribution in [0, 0.1) is 18.6 Å². The maximum atomic E-state index is 14.3. The molecular formula is C21H19F2N3O. The Morgan fingerprint density at radius 2 is 1.81 bits per heavy atom. The number of aromatic nitrogens is 1. The lowest BCUT2D eigenvalue weighted by Gasteiger charge is -2.20. The number of anilines is 1. The van der Waals surface area contributed by atoms with Crippen molar-refractivity contribution in [3.8, 4) is 0 Å². The van der Waals surface area contributed by atoms with E-state index in [1.165, 1.54) is 18.2 Å². The first-order valence-electron chi connectivity index (χ1n) is 8.48. The van der Waals surface area contributed by atoms with Gasteiger partial charge in [-0.2, -0.15) is 0 Å². The number of pyridine rings is 1. The molecular weight excluding hydrogens is 348 g/mol. The number of nitrogens with zero attached hydrogens (tertiary/aromatic N) is 1. The number of benzene rings is 2. The number of aryl methyl sites for hydroxylation is 1. The predicted molar refractivity (Wildman–Crippen MR) is 100 cm³/mol. The van der Waals surface area contributed by atoms with Gasteiger partial charge in [0.1, 0.15) is 11.6 Å². The van der Waals surface area contributed by atoms with Gasteiger partial charge in [0, 0.05) is 11.8 Å². The molecule has 6 heteroatoms. The molecule has 1 amide bonds. The standard InChI is InChI=1S/C21H19F2N3O/c1-14-10-17(12-24-11-14)26-20(27)13-25-21(15-6-8-16(22)9-7-15)18-4-2-3-5-19(18)23/h2-12,21,25H,13H2,1H3,(H,26,27). The Kier molecular flexibility index (Phi) is 5.88. The van der Waals surface area contributed by atoms with E-state index in [1.54, 1.807) is 48.8 Å². The average molecular weight is 367 g/mol. The molecule has 1 heterocycles. The number of nitrogens with one attached hydrogen (secondary N) is 2. The van der Waals surface area contributed by atoms with Crippen molar-refractivity contribution < 1.29 is 13.6 Å². The second kappa shape index (κ2) is 8.51. The molecule has 0 fully saturated rings. The molecule has 0 bridgehead atoms. The molecule has 0 aliphatic rings. The summed E-state index contributed by atoms with van der Waals surface area (Å²) < 4.78 is 27.6. The topological polar surface area (TPSA) is 54.0 Å². The molecule has 0 aliphatic carbocycles. The van der Waals surface area contributed by atoms with Crippen LogP contribution in [-0.2, 0) is 4.79 Å². The molecule has 2 N–H and O–H groups in total. The van der Waals surface area contributed by atoms with Gasteiger partial charge in [-0.15, -0.1) is 0 Å². The highest BCUT2D eigenvalue weighted by molar-refractivity contribution is 5.92. The lowest BCUT2D eigenvalue weighted by molar-refractivity contribution is -0.115. The monoisotopic (exact) mass is 367 g/mol. The molecule has 0 radical (unpaired) electrons. The predicted octanol–water partition coefficient (Wildman–Crippen LogP) is 3.99. The molecule has 0 spiro atoms. The van der Waals surface area contributed by atoms with Gasteiger partial charge in [0.15, 0.2) is 0 Å². The molecule has 2 aromatic carbocycles. The Morgan fingerprint density at radius 3 is 2.52 bits per heavy atom. The molecule has 0 aliphatic heterocycles. The van der Waals surface area contributed by atoms with Crippen molar-refractivity contribution in [2.24, 2.45) is 0 Å². The highest BCUT2D eigenvalue weighted by Crippen LogP contribution is 2.24. The zero-order chi connectivity index (χ0) is 19.2. The van der Waals surface area contributed by atoms with Crippen LogP contribution in [0.3, 0.4) is 0 Å². The van der Waals surface area contributed by atoms with Gasteiger partial charge in [0.05, 0.1) is 24.5 Å². The Bertz CT molecular complexity index is 929. The second-order valence-electron chi connectivity index (χ2n) is 6.19. The minimum absolute atomic E-state index is 0.0513. The highest BCUT2D eigenvalue weighted by atomic mass is 19.1. The fraction of sp³-hybridized carbons (Fsp3) is 0.143. The molecule has 138 valence electrons. The van der Waals surface area contributed by atoms with E-state index in [9.17, 15) is 13.6 Å². The van der Waals surface area contributed by atoms with E-state index < -0.39 is 11.9 Å². The van der Waals surface area contributed by atoms with Gasteiger partial charge in [0.2, 0.25) is 5.91 Å². The van der Waals surface area contributed by atoms with E-state index in [0.717, 1.165) is 5.56 Å². The van der Waals surface area contributed by atoms with Crippen LogP contribution in [0.2, 0.25) is 0 Å². The number of hydrogen-bond acceptors (Lipinski definition) is 3. The number of carbonyl (C=O) groups is 1. The Hall–Kier alpha value is -3.12. The summed E-state index contributed by atoms with van der Waals surface area (Å²) in [6, 6.07) is 13.3. The SMILES string of the molecule is Cc1cncc(NC(=O)CNC(c2ccc(F)cc2)c2ccccc2F)c1. The van der Waals surface area contributed by atoms with Crippen LogP contribution in [0.4, 0.5) is 14.5 Å². The van der Waals surface area contributed by atoms with Crippen LogP contribution in [0.15, 0.2) is 67.0 Å². The number of amides is 1. The third-order valence-corrected chi connectivity index (χ3v) is 4.05. The van der Waals surface area contributed by atoms with Crippen molar-refractivity contribution in [2.75, 3.05) is 11.9 Å². The molecule has 4 nitrogen and oxygen atoms in total.